The van der Waals surface area contributed by atoms with Gasteiger partial charge < -0.3 is 0 Å². The maximum Gasteiger partial charge on any atom is 0.401 e. The highest BCUT2D eigenvalue weighted by Gasteiger charge is 2.38. The van der Waals surface area contributed by atoms with Crippen LogP contribution in [0.4, 0.5) is 17.6 Å². The van der Waals surface area contributed by atoms with Crippen molar-refractivity contribution >= 4 is 15.9 Å². The number of hydrogen-bond donors (Lipinski definition) is 0. The highest BCUT2D eigenvalue weighted by atomic mass is 79.9. The van der Waals surface area contributed by atoms with Crippen LogP contribution in [0, 0.1) is 5.82 Å². The fraction of sp³-hybridized carbons (Fsp3) is 0.500. The van der Waals surface area contributed by atoms with Gasteiger partial charge >= 0.3 is 6.18 Å². The van der Waals surface area contributed by atoms with Gasteiger partial charge in [-0.05, 0) is 25.0 Å². The second-order valence-corrected chi connectivity index (χ2v) is 5.40. The lowest BCUT2D eigenvalue weighted by Gasteiger charge is -2.23. The largest absolute Gasteiger partial charge is 0.401 e. The van der Waals surface area contributed by atoms with Crippen LogP contribution in [0.2, 0.25) is 0 Å². The number of nitrogens with zero attached hydrogens (tertiary/aromatic N) is 1. The van der Waals surface area contributed by atoms with Crippen molar-refractivity contribution in [2.45, 2.75) is 31.6 Å². The second kappa shape index (κ2) is 5.17. The van der Waals surface area contributed by atoms with Gasteiger partial charge in [-0.3, -0.25) is 4.90 Å². The summed E-state index contributed by atoms with van der Waals surface area (Å²) in [5.74, 6) is -0.475. The van der Waals surface area contributed by atoms with Crippen molar-refractivity contribution in [2.75, 3.05) is 6.54 Å². The van der Waals surface area contributed by atoms with Gasteiger partial charge in [0.15, 0.2) is 0 Å². The fourth-order valence-electron chi connectivity index (χ4n) is 1.85. The van der Waals surface area contributed by atoms with Crippen LogP contribution in [0.3, 0.4) is 0 Å². The Balaban J connectivity index is 2.08. The van der Waals surface area contributed by atoms with Crippen molar-refractivity contribution in [2.24, 2.45) is 0 Å². The number of hydrogen-bond acceptors (Lipinski definition) is 1. The van der Waals surface area contributed by atoms with E-state index in [2.05, 4.69) is 15.9 Å². The van der Waals surface area contributed by atoms with Crippen molar-refractivity contribution in [3.8, 4) is 0 Å². The molecule has 0 aliphatic heterocycles. The van der Waals surface area contributed by atoms with Crippen LogP contribution in [0.15, 0.2) is 22.7 Å². The molecule has 1 aliphatic carbocycles. The smallest absolute Gasteiger partial charge is 0.288 e. The Labute approximate surface area is 111 Å². The molecule has 0 amide bonds. The summed E-state index contributed by atoms with van der Waals surface area (Å²) < 4.78 is 51.4. The van der Waals surface area contributed by atoms with E-state index in [4.69, 9.17) is 0 Å². The molecule has 0 N–H and O–H groups in total. The van der Waals surface area contributed by atoms with E-state index in [1.54, 1.807) is 6.07 Å². The molecule has 1 aromatic rings. The van der Waals surface area contributed by atoms with Crippen molar-refractivity contribution in [1.82, 2.24) is 4.90 Å². The first-order chi connectivity index (χ1) is 8.35. The first kappa shape index (κ1) is 13.8. The molecule has 0 atom stereocenters. The van der Waals surface area contributed by atoms with E-state index in [1.807, 2.05) is 0 Å². The average Bonchev–Trinajstić information content (AvgIpc) is 3.02. The zero-order valence-corrected chi connectivity index (χ0v) is 11.1. The average molecular weight is 326 g/mol. The van der Waals surface area contributed by atoms with E-state index in [9.17, 15) is 17.6 Å². The lowest BCUT2D eigenvalue weighted by Crippen LogP contribution is -2.35. The van der Waals surface area contributed by atoms with Crippen LogP contribution in [0.25, 0.3) is 0 Å². The zero-order valence-electron chi connectivity index (χ0n) is 9.47. The molecule has 1 saturated carbocycles. The Morgan fingerprint density at radius 1 is 1.28 bits per heavy atom. The summed E-state index contributed by atoms with van der Waals surface area (Å²) in [4.78, 5) is 1.30. The molecular weight excluding hydrogens is 314 g/mol. The molecule has 0 bridgehead atoms. The first-order valence-corrected chi connectivity index (χ1v) is 6.39. The predicted octanol–water partition coefficient (Wildman–Crippen LogP) is 4.11. The number of benzene rings is 1. The summed E-state index contributed by atoms with van der Waals surface area (Å²) in [7, 11) is 0. The maximum absolute atomic E-state index is 13.6. The molecule has 1 aliphatic rings. The van der Waals surface area contributed by atoms with E-state index in [-0.39, 0.29) is 12.6 Å². The second-order valence-electron chi connectivity index (χ2n) is 4.49. The van der Waals surface area contributed by atoms with E-state index in [0.29, 0.717) is 10.0 Å². The van der Waals surface area contributed by atoms with E-state index >= 15 is 0 Å². The van der Waals surface area contributed by atoms with Crippen LogP contribution in [-0.4, -0.2) is 23.7 Å². The number of rotatable bonds is 4. The van der Waals surface area contributed by atoms with Gasteiger partial charge in [-0.2, -0.15) is 13.2 Å². The van der Waals surface area contributed by atoms with Crippen molar-refractivity contribution in [3.63, 3.8) is 0 Å². The summed E-state index contributed by atoms with van der Waals surface area (Å²) in [5.41, 5.74) is 0.300. The minimum Gasteiger partial charge on any atom is -0.288 e. The lowest BCUT2D eigenvalue weighted by molar-refractivity contribution is -0.148. The molecule has 100 valence electrons. The van der Waals surface area contributed by atoms with Crippen molar-refractivity contribution in [3.05, 3.63) is 34.1 Å². The van der Waals surface area contributed by atoms with Crippen LogP contribution >= 0.6 is 15.9 Å². The van der Waals surface area contributed by atoms with Gasteiger partial charge in [0.25, 0.3) is 0 Å². The molecule has 0 saturated heterocycles. The zero-order chi connectivity index (χ0) is 13.3. The van der Waals surface area contributed by atoms with E-state index in [0.717, 1.165) is 12.8 Å². The minimum absolute atomic E-state index is 0.00326. The van der Waals surface area contributed by atoms with E-state index < -0.39 is 18.5 Å². The Bertz CT molecular complexity index is 429. The number of alkyl halides is 3. The summed E-state index contributed by atoms with van der Waals surface area (Å²) in [6, 6.07) is 4.37. The fourth-order valence-corrected chi connectivity index (χ4v) is 2.19. The van der Waals surface area contributed by atoms with Crippen molar-refractivity contribution < 1.29 is 17.6 Å². The highest BCUT2D eigenvalue weighted by molar-refractivity contribution is 9.10. The molecule has 1 nitrogen and oxygen atoms in total. The molecule has 2 rings (SSSR count). The Morgan fingerprint density at radius 2 is 1.94 bits per heavy atom. The van der Waals surface area contributed by atoms with Gasteiger partial charge in [-0.15, -0.1) is 0 Å². The van der Waals surface area contributed by atoms with Gasteiger partial charge in [0, 0.05) is 22.6 Å². The molecule has 0 heterocycles. The molecule has 1 fully saturated rings. The third kappa shape index (κ3) is 3.95. The molecule has 18 heavy (non-hydrogen) atoms. The Morgan fingerprint density at radius 3 is 2.44 bits per heavy atom. The van der Waals surface area contributed by atoms with Gasteiger partial charge in [0.1, 0.15) is 5.82 Å². The predicted molar refractivity (Wildman–Crippen MR) is 63.6 cm³/mol. The van der Waals surface area contributed by atoms with Gasteiger partial charge in [0.05, 0.1) is 6.54 Å². The van der Waals surface area contributed by atoms with Gasteiger partial charge in [-0.1, -0.05) is 22.0 Å². The third-order valence-corrected chi connectivity index (χ3v) is 3.33. The SMILES string of the molecule is Fc1cc(Br)ccc1CN(CC(F)(F)F)C1CC1. The van der Waals surface area contributed by atoms with E-state index in [1.165, 1.54) is 17.0 Å². The first-order valence-electron chi connectivity index (χ1n) is 5.60. The maximum atomic E-state index is 13.6. The Hall–Kier alpha value is -0.620. The topological polar surface area (TPSA) is 3.24 Å². The quantitative estimate of drug-likeness (QED) is 0.753. The lowest BCUT2D eigenvalue weighted by atomic mass is 10.2. The van der Waals surface area contributed by atoms with Crippen molar-refractivity contribution in [1.29, 1.82) is 0 Å². The monoisotopic (exact) mass is 325 g/mol. The van der Waals surface area contributed by atoms with Crippen LogP contribution in [0.1, 0.15) is 18.4 Å². The normalized spacial score (nSPS) is 16.3. The third-order valence-electron chi connectivity index (χ3n) is 2.83. The van der Waals surface area contributed by atoms with Crippen LogP contribution in [-0.2, 0) is 6.54 Å². The summed E-state index contributed by atoms with van der Waals surface area (Å²) >= 11 is 3.12. The van der Waals surface area contributed by atoms with Crippen LogP contribution in [0.5, 0.6) is 0 Å². The standard InChI is InChI=1S/C12H12BrF4N/c13-9-2-1-8(11(14)5-9)6-18(10-3-4-10)7-12(15,16)17/h1-2,5,10H,3-4,6-7H2. The summed E-state index contributed by atoms with van der Waals surface area (Å²) in [6.07, 6.45) is -2.73. The highest BCUT2D eigenvalue weighted by Crippen LogP contribution is 2.32. The van der Waals surface area contributed by atoms with Gasteiger partial charge in [-0.25, -0.2) is 4.39 Å². The van der Waals surface area contributed by atoms with Crippen LogP contribution < -0.4 is 0 Å². The summed E-state index contributed by atoms with van der Waals surface area (Å²) in [5, 5.41) is 0. The molecule has 0 unspecified atom stereocenters. The molecule has 0 spiro atoms. The van der Waals surface area contributed by atoms with Gasteiger partial charge in [0.2, 0.25) is 0 Å². The number of halogens is 5. The molecular formula is C12H12BrF4N. The molecule has 0 radical (unpaired) electrons. The Kier molecular flexibility index (Phi) is 3.96. The summed E-state index contributed by atoms with van der Waals surface area (Å²) in [6.45, 7) is -0.976. The molecule has 1 aromatic carbocycles. The molecule has 6 heteroatoms. The molecule has 0 aromatic heterocycles. The minimum atomic E-state index is -4.24.